The van der Waals surface area contributed by atoms with E-state index in [1.165, 1.54) is 0 Å². The van der Waals surface area contributed by atoms with E-state index in [4.69, 9.17) is 0 Å². The molecule has 0 unspecified atom stereocenters. The summed E-state index contributed by atoms with van der Waals surface area (Å²) in [6, 6.07) is 0. The molecule has 1 aliphatic heterocycles. The summed E-state index contributed by atoms with van der Waals surface area (Å²) >= 11 is 0. The fourth-order valence-electron chi connectivity index (χ4n) is 0.874. The van der Waals surface area contributed by atoms with E-state index < -0.39 is 16.9 Å². The molecule has 0 spiro atoms. The topological polar surface area (TPSA) is 92.5 Å². The number of H-pyrrole nitrogens is 1. The molecule has 0 aliphatic carbocycles. The molecule has 0 aromatic carbocycles. The van der Waals surface area contributed by atoms with Crippen LogP contribution in [0.2, 0.25) is 0 Å². The van der Waals surface area contributed by atoms with E-state index in [0.717, 1.165) is 6.08 Å². The van der Waals surface area contributed by atoms with Gasteiger partial charge < -0.3 is 4.52 Å². The van der Waals surface area contributed by atoms with Crippen molar-refractivity contribution in [2.45, 2.75) is 0 Å². The number of nitrogens with zero attached hydrogens (tertiary/aromatic N) is 1. The molecule has 1 aliphatic rings. The summed E-state index contributed by atoms with van der Waals surface area (Å²) in [5.41, 5.74) is -1.76. The standard InChI is InChI=1S/C6H2N2O4/c9-3-1-2-4(7-3)5(10)6(11)8-12-2/h1H,(H,8,11). The highest BCUT2D eigenvalue weighted by Gasteiger charge is 2.09. The first kappa shape index (κ1) is 6.71. The van der Waals surface area contributed by atoms with Gasteiger partial charge in [-0.2, -0.15) is 5.16 Å². The van der Waals surface area contributed by atoms with Crippen molar-refractivity contribution < 1.29 is 9.32 Å². The van der Waals surface area contributed by atoms with Crippen LogP contribution in [0.25, 0.3) is 6.08 Å². The molecule has 1 aromatic heterocycles. The molecule has 60 valence electrons. The van der Waals surface area contributed by atoms with Crippen LogP contribution in [-0.4, -0.2) is 11.1 Å². The summed E-state index contributed by atoms with van der Waals surface area (Å²) in [5.74, 6) is -0.593. The number of rotatable bonds is 0. The number of amides is 1. The van der Waals surface area contributed by atoms with Crippen LogP contribution < -0.4 is 21.8 Å². The van der Waals surface area contributed by atoms with E-state index in [1.54, 1.807) is 0 Å². The lowest BCUT2D eigenvalue weighted by molar-refractivity contribution is -0.112. The number of carbonyl (C=O) groups excluding carboxylic acids is 1. The summed E-state index contributed by atoms with van der Waals surface area (Å²) in [4.78, 5) is 35.5. The molecule has 1 aromatic rings. The number of hydrogen-bond donors (Lipinski definition) is 1. The highest BCUT2D eigenvalue weighted by atomic mass is 16.5. The Hall–Kier alpha value is -1.98. The van der Waals surface area contributed by atoms with Gasteiger partial charge in [0.15, 0.2) is 10.8 Å². The summed E-state index contributed by atoms with van der Waals surface area (Å²) < 4.78 is 4.54. The maximum Gasteiger partial charge on any atom is 0.326 e. The molecule has 0 fully saturated rings. The highest BCUT2D eigenvalue weighted by Crippen LogP contribution is 1.76. The molecule has 1 N–H and O–H groups in total. The van der Waals surface area contributed by atoms with E-state index in [1.807, 2.05) is 5.16 Å². The van der Waals surface area contributed by atoms with Gasteiger partial charge in [0, 0.05) is 0 Å². The summed E-state index contributed by atoms with van der Waals surface area (Å²) in [7, 11) is 0. The normalized spacial score (nSPS) is 13.5. The van der Waals surface area contributed by atoms with Crippen LogP contribution in [0.5, 0.6) is 0 Å². The average molecular weight is 166 g/mol. The van der Waals surface area contributed by atoms with Gasteiger partial charge in [0.05, 0.1) is 6.08 Å². The Kier molecular flexibility index (Phi) is 1.12. The van der Waals surface area contributed by atoms with E-state index in [-0.39, 0.29) is 10.8 Å². The Bertz CT molecular complexity index is 577. The molecule has 12 heavy (non-hydrogen) atoms. The maximum absolute atomic E-state index is 10.9. The molecule has 0 saturated heterocycles. The van der Waals surface area contributed by atoms with E-state index in [9.17, 15) is 14.4 Å². The molecule has 0 bridgehead atoms. The van der Waals surface area contributed by atoms with Crippen LogP contribution in [0.15, 0.2) is 19.1 Å². The molecular formula is C6H2N2O4. The summed E-state index contributed by atoms with van der Waals surface area (Å²) in [6.45, 7) is 0. The van der Waals surface area contributed by atoms with E-state index in [2.05, 4.69) is 9.52 Å². The van der Waals surface area contributed by atoms with Gasteiger partial charge in [-0.1, -0.05) is 0 Å². The average Bonchev–Trinajstić information content (AvgIpc) is 2.39. The third-order valence-electron chi connectivity index (χ3n) is 1.38. The first-order valence-corrected chi connectivity index (χ1v) is 3.05. The predicted octanol–water partition coefficient (Wildman–Crippen LogP) is -2.73. The lowest BCUT2D eigenvalue weighted by Crippen LogP contribution is -2.47. The lowest BCUT2D eigenvalue weighted by Gasteiger charge is -1.79. The van der Waals surface area contributed by atoms with Gasteiger partial charge in [-0.25, -0.2) is 4.99 Å². The van der Waals surface area contributed by atoms with Crippen LogP contribution in [0.1, 0.15) is 0 Å². The monoisotopic (exact) mass is 166 g/mol. The number of carbonyl (C=O) groups is 1. The Morgan fingerprint density at radius 1 is 1.33 bits per heavy atom. The molecular weight excluding hydrogens is 164 g/mol. The Morgan fingerprint density at radius 2 is 2.08 bits per heavy atom. The van der Waals surface area contributed by atoms with Gasteiger partial charge in [0.1, 0.15) is 0 Å². The summed E-state index contributed by atoms with van der Waals surface area (Å²) in [5, 5.41) is 1.62. The van der Waals surface area contributed by atoms with Crippen molar-refractivity contribution >= 4 is 12.0 Å². The third kappa shape index (κ3) is 0.746. The first-order chi connectivity index (χ1) is 5.68. The maximum atomic E-state index is 10.9. The molecule has 0 saturated carbocycles. The second kappa shape index (κ2) is 2.00. The fourth-order valence-corrected chi connectivity index (χ4v) is 0.874. The van der Waals surface area contributed by atoms with Crippen LogP contribution in [0.4, 0.5) is 0 Å². The molecule has 2 rings (SSSR count). The van der Waals surface area contributed by atoms with Gasteiger partial charge in [-0.15, -0.1) is 0 Å². The minimum absolute atomic E-state index is 0.00426. The molecule has 1 amide bonds. The van der Waals surface area contributed by atoms with Crippen molar-refractivity contribution in [3.63, 3.8) is 0 Å². The molecule has 0 radical (unpaired) electrons. The molecule has 2 heterocycles. The second-order valence-electron chi connectivity index (χ2n) is 2.17. The van der Waals surface area contributed by atoms with Gasteiger partial charge in [-0.3, -0.25) is 14.4 Å². The minimum Gasteiger partial charge on any atom is -0.376 e. The molecule has 6 heteroatoms. The van der Waals surface area contributed by atoms with Crippen molar-refractivity contribution in [3.05, 3.63) is 31.3 Å². The van der Waals surface area contributed by atoms with Crippen molar-refractivity contribution in [2.75, 3.05) is 0 Å². The number of hydrogen-bond acceptors (Lipinski definition) is 4. The van der Waals surface area contributed by atoms with Crippen molar-refractivity contribution in [2.24, 2.45) is 4.99 Å². The molecule has 0 atom stereocenters. The number of aromatic nitrogens is 1. The SMILES string of the molecule is O=C1C=c2o[nH]c(=O)c(=O)c2=N1. The Morgan fingerprint density at radius 3 is 2.83 bits per heavy atom. The van der Waals surface area contributed by atoms with Gasteiger partial charge in [0.25, 0.3) is 11.3 Å². The van der Waals surface area contributed by atoms with Crippen LogP contribution in [-0.2, 0) is 4.79 Å². The Balaban J connectivity index is 3.17. The van der Waals surface area contributed by atoms with Crippen LogP contribution in [0, 0.1) is 0 Å². The smallest absolute Gasteiger partial charge is 0.326 e. The number of nitrogens with one attached hydrogen (secondary N) is 1. The first-order valence-electron chi connectivity index (χ1n) is 3.05. The van der Waals surface area contributed by atoms with E-state index in [0.29, 0.717) is 0 Å². The second-order valence-corrected chi connectivity index (χ2v) is 2.17. The van der Waals surface area contributed by atoms with Gasteiger partial charge in [-0.05, 0) is 0 Å². The third-order valence-corrected chi connectivity index (χ3v) is 1.38. The number of aromatic amines is 1. The van der Waals surface area contributed by atoms with Crippen molar-refractivity contribution in [1.82, 2.24) is 5.16 Å². The minimum atomic E-state index is -0.916. The summed E-state index contributed by atoms with van der Waals surface area (Å²) in [6.07, 6.45) is 1.03. The predicted molar refractivity (Wildman–Crippen MR) is 35.9 cm³/mol. The van der Waals surface area contributed by atoms with Crippen LogP contribution >= 0.6 is 0 Å². The van der Waals surface area contributed by atoms with E-state index >= 15 is 0 Å². The van der Waals surface area contributed by atoms with Crippen LogP contribution in [0.3, 0.4) is 0 Å². The fraction of sp³-hybridized carbons (Fsp3) is 0. The quantitative estimate of drug-likeness (QED) is 0.423. The zero-order valence-electron chi connectivity index (χ0n) is 5.66. The zero-order chi connectivity index (χ0) is 8.72. The number of fused-ring (bicyclic) bond motifs is 1. The van der Waals surface area contributed by atoms with Gasteiger partial charge >= 0.3 is 5.56 Å². The highest BCUT2D eigenvalue weighted by molar-refractivity contribution is 6.05. The zero-order valence-corrected chi connectivity index (χ0v) is 5.66. The largest absolute Gasteiger partial charge is 0.376 e. The van der Waals surface area contributed by atoms with Gasteiger partial charge in [0.2, 0.25) is 0 Å². The molecule has 6 nitrogen and oxygen atoms in total. The van der Waals surface area contributed by atoms with Crippen molar-refractivity contribution in [3.8, 4) is 0 Å². The lowest BCUT2D eigenvalue weighted by atomic mass is 10.5. The Labute approximate surface area is 63.8 Å². The van der Waals surface area contributed by atoms with Crippen molar-refractivity contribution in [1.29, 1.82) is 0 Å².